The van der Waals surface area contributed by atoms with Crippen LogP contribution < -0.4 is 10.1 Å². The number of furan rings is 1. The zero-order valence-corrected chi connectivity index (χ0v) is 18.3. The van der Waals surface area contributed by atoms with E-state index in [2.05, 4.69) is 42.3 Å². The first kappa shape index (κ1) is 20.2. The Bertz CT molecular complexity index is 1210. The lowest BCUT2D eigenvalue weighted by molar-refractivity contribution is 0.0992. The Morgan fingerprint density at radius 3 is 2.67 bits per heavy atom. The summed E-state index contributed by atoms with van der Waals surface area (Å²) in [6, 6.07) is 15.6. The number of nitrogens with one attached hydrogen (secondary N) is 1. The van der Waals surface area contributed by atoms with E-state index in [9.17, 15) is 4.79 Å². The lowest BCUT2D eigenvalue weighted by Crippen LogP contribution is -2.10. The molecule has 0 aliphatic heterocycles. The normalized spacial score (nSPS) is 11.2. The predicted octanol–water partition coefficient (Wildman–Crippen LogP) is 6.46. The fraction of sp³-hybridized carbons (Fsp3) is 0.250. The molecule has 0 saturated heterocycles. The third kappa shape index (κ3) is 4.39. The average molecular weight is 421 g/mol. The summed E-state index contributed by atoms with van der Waals surface area (Å²) < 4.78 is 12.7. The second-order valence-corrected chi connectivity index (χ2v) is 8.73. The van der Waals surface area contributed by atoms with Gasteiger partial charge in [-0.25, -0.2) is 4.98 Å². The molecule has 0 saturated carbocycles. The Kier molecular flexibility index (Phi) is 5.59. The standard InChI is InChI=1S/C24H24N2O3S/c1-14(2)18-8-5-15(3)11-21(18)28-13-17-7-10-20(29-17)23(27)26-24-25-19-9-6-16(4)12-22(19)30-24/h5-12,14H,13H2,1-4H3,(H,25,26,27). The van der Waals surface area contributed by atoms with E-state index in [1.54, 1.807) is 12.1 Å². The van der Waals surface area contributed by atoms with Crippen LogP contribution in [0.5, 0.6) is 5.75 Å². The van der Waals surface area contributed by atoms with Crippen molar-refractivity contribution in [3.8, 4) is 5.75 Å². The number of nitrogens with zero attached hydrogens (tertiary/aromatic N) is 1. The van der Waals surface area contributed by atoms with Crippen molar-refractivity contribution in [2.75, 3.05) is 5.32 Å². The summed E-state index contributed by atoms with van der Waals surface area (Å²) >= 11 is 1.44. The van der Waals surface area contributed by atoms with Crippen LogP contribution in [-0.4, -0.2) is 10.9 Å². The van der Waals surface area contributed by atoms with Gasteiger partial charge in [0.25, 0.3) is 5.91 Å². The minimum Gasteiger partial charge on any atom is -0.485 e. The molecule has 0 unspecified atom stereocenters. The molecule has 2 heterocycles. The summed E-state index contributed by atoms with van der Waals surface area (Å²) in [5, 5.41) is 3.37. The number of carbonyl (C=O) groups is 1. The largest absolute Gasteiger partial charge is 0.485 e. The van der Waals surface area contributed by atoms with Crippen LogP contribution in [-0.2, 0) is 6.61 Å². The van der Waals surface area contributed by atoms with E-state index in [-0.39, 0.29) is 18.3 Å². The molecule has 0 radical (unpaired) electrons. The average Bonchev–Trinajstić information content (AvgIpc) is 3.32. The van der Waals surface area contributed by atoms with Gasteiger partial charge in [-0.15, -0.1) is 0 Å². The highest BCUT2D eigenvalue weighted by Gasteiger charge is 2.15. The van der Waals surface area contributed by atoms with Gasteiger partial charge in [-0.2, -0.15) is 0 Å². The lowest BCUT2D eigenvalue weighted by atomic mass is 10.0. The van der Waals surface area contributed by atoms with Crippen LogP contribution in [0.4, 0.5) is 5.13 Å². The van der Waals surface area contributed by atoms with Gasteiger partial charge < -0.3 is 9.15 Å². The summed E-state index contributed by atoms with van der Waals surface area (Å²) in [5.74, 6) is 1.71. The quantitative estimate of drug-likeness (QED) is 0.389. The summed E-state index contributed by atoms with van der Waals surface area (Å²) in [4.78, 5) is 17.0. The number of aryl methyl sites for hydroxylation is 2. The zero-order chi connectivity index (χ0) is 21.3. The maximum Gasteiger partial charge on any atom is 0.293 e. The number of hydrogen-bond donors (Lipinski definition) is 1. The van der Waals surface area contributed by atoms with E-state index < -0.39 is 0 Å². The SMILES string of the molecule is Cc1ccc(C(C)C)c(OCc2ccc(C(=O)Nc3nc4ccc(C)cc4s3)o2)c1. The van der Waals surface area contributed by atoms with E-state index in [0.717, 1.165) is 32.7 Å². The number of fused-ring (bicyclic) bond motifs is 1. The van der Waals surface area contributed by atoms with E-state index in [1.807, 2.05) is 32.0 Å². The molecule has 1 amide bonds. The van der Waals surface area contributed by atoms with Crippen LogP contribution in [0.15, 0.2) is 52.9 Å². The maximum absolute atomic E-state index is 12.6. The van der Waals surface area contributed by atoms with Crippen LogP contribution >= 0.6 is 11.3 Å². The van der Waals surface area contributed by atoms with Gasteiger partial charge in [-0.1, -0.05) is 43.4 Å². The number of hydrogen-bond acceptors (Lipinski definition) is 5. The number of carbonyl (C=O) groups excluding carboxylic acids is 1. The van der Waals surface area contributed by atoms with E-state index >= 15 is 0 Å². The Morgan fingerprint density at radius 2 is 1.87 bits per heavy atom. The first-order valence-electron chi connectivity index (χ1n) is 9.89. The van der Waals surface area contributed by atoms with Crippen LogP contribution in [0.3, 0.4) is 0 Å². The fourth-order valence-electron chi connectivity index (χ4n) is 3.21. The molecule has 6 heteroatoms. The van der Waals surface area contributed by atoms with Gasteiger partial charge in [-0.3, -0.25) is 10.1 Å². The molecule has 30 heavy (non-hydrogen) atoms. The van der Waals surface area contributed by atoms with Crippen molar-refractivity contribution in [3.05, 3.63) is 76.7 Å². The van der Waals surface area contributed by atoms with Crippen molar-refractivity contribution >= 4 is 32.6 Å². The number of ether oxygens (including phenoxy) is 1. The van der Waals surface area contributed by atoms with Crippen molar-refractivity contribution in [1.82, 2.24) is 4.98 Å². The highest BCUT2D eigenvalue weighted by Crippen LogP contribution is 2.29. The maximum atomic E-state index is 12.6. The number of rotatable bonds is 6. The number of amides is 1. The van der Waals surface area contributed by atoms with Crippen LogP contribution in [0, 0.1) is 13.8 Å². The van der Waals surface area contributed by atoms with Gasteiger partial charge in [-0.05, 0) is 66.8 Å². The van der Waals surface area contributed by atoms with Crippen molar-refractivity contribution in [2.24, 2.45) is 0 Å². The van der Waals surface area contributed by atoms with E-state index in [0.29, 0.717) is 16.8 Å². The summed E-state index contributed by atoms with van der Waals surface area (Å²) in [6.45, 7) is 8.60. The first-order chi connectivity index (χ1) is 14.4. The lowest BCUT2D eigenvalue weighted by Gasteiger charge is -2.14. The Morgan fingerprint density at radius 1 is 1.10 bits per heavy atom. The number of anilines is 1. The van der Waals surface area contributed by atoms with Crippen molar-refractivity contribution in [2.45, 2.75) is 40.2 Å². The van der Waals surface area contributed by atoms with Gasteiger partial charge in [0.15, 0.2) is 10.9 Å². The summed E-state index contributed by atoms with van der Waals surface area (Å²) in [7, 11) is 0. The summed E-state index contributed by atoms with van der Waals surface area (Å²) in [5.41, 5.74) is 4.32. The van der Waals surface area contributed by atoms with Gasteiger partial charge in [0.1, 0.15) is 18.1 Å². The third-order valence-corrected chi connectivity index (χ3v) is 5.74. The molecule has 5 nitrogen and oxygen atoms in total. The fourth-order valence-corrected chi connectivity index (χ4v) is 4.17. The van der Waals surface area contributed by atoms with Gasteiger partial charge >= 0.3 is 0 Å². The molecule has 154 valence electrons. The molecule has 0 aliphatic carbocycles. The number of benzene rings is 2. The van der Waals surface area contributed by atoms with Crippen molar-refractivity contribution in [1.29, 1.82) is 0 Å². The first-order valence-corrected chi connectivity index (χ1v) is 10.7. The predicted molar refractivity (Wildman–Crippen MR) is 121 cm³/mol. The van der Waals surface area contributed by atoms with Crippen LogP contribution in [0.1, 0.15) is 52.8 Å². The molecule has 0 spiro atoms. The third-order valence-electron chi connectivity index (χ3n) is 4.81. The highest BCUT2D eigenvalue weighted by molar-refractivity contribution is 7.22. The molecule has 0 aliphatic rings. The Hall–Kier alpha value is -3.12. The van der Waals surface area contributed by atoms with Gasteiger partial charge in [0.2, 0.25) is 0 Å². The monoisotopic (exact) mass is 420 g/mol. The van der Waals surface area contributed by atoms with Gasteiger partial charge in [0, 0.05) is 0 Å². The van der Waals surface area contributed by atoms with Crippen molar-refractivity contribution < 1.29 is 13.9 Å². The second-order valence-electron chi connectivity index (χ2n) is 7.69. The zero-order valence-electron chi connectivity index (χ0n) is 17.5. The van der Waals surface area contributed by atoms with Crippen molar-refractivity contribution in [3.63, 3.8) is 0 Å². The number of aromatic nitrogens is 1. The molecule has 2 aromatic heterocycles. The molecule has 0 bridgehead atoms. The smallest absolute Gasteiger partial charge is 0.293 e. The molecule has 1 N–H and O–H groups in total. The molecule has 2 aromatic carbocycles. The number of thiazole rings is 1. The van der Waals surface area contributed by atoms with Gasteiger partial charge in [0.05, 0.1) is 10.2 Å². The molecule has 0 fully saturated rings. The minimum absolute atomic E-state index is 0.234. The topological polar surface area (TPSA) is 64.4 Å². The highest BCUT2D eigenvalue weighted by atomic mass is 32.1. The summed E-state index contributed by atoms with van der Waals surface area (Å²) in [6.07, 6.45) is 0. The van der Waals surface area contributed by atoms with E-state index in [4.69, 9.17) is 9.15 Å². The second kappa shape index (κ2) is 8.32. The van der Waals surface area contributed by atoms with Crippen LogP contribution in [0.25, 0.3) is 10.2 Å². The minimum atomic E-state index is -0.324. The molecular weight excluding hydrogens is 396 g/mol. The molecule has 4 rings (SSSR count). The molecule has 0 atom stereocenters. The molecule has 4 aromatic rings. The van der Waals surface area contributed by atoms with Crippen LogP contribution in [0.2, 0.25) is 0 Å². The van der Waals surface area contributed by atoms with E-state index in [1.165, 1.54) is 11.3 Å². The molecular formula is C24H24N2O3S. The Balaban J connectivity index is 1.43. The Labute approximate surface area is 179 Å².